The van der Waals surface area contributed by atoms with Crippen LogP contribution in [0.4, 0.5) is 0 Å². The molecule has 0 aliphatic rings. The number of hydrogen-bond donors (Lipinski definition) is 3. The van der Waals surface area contributed by atoms with Crippen molar-refractivity contribution >= 4 is 35.8 Å². The first-order valence-electron chi connectivity index (χ1n) is 11.0. The molecule has 6 nitrogen and oxygen atoms in total. The van der Waals surface area contributed by atoms with Crippen molar-refractivity contribution in [3.8, 4) is 0 Å². The van der Waals surface area contributed by atoms with E-state index in [4.69, 9.17) is 4.99 Å². The minimum atomic E-state index is -0.0513. The summed E-state index contributed by atoms with van der Waals surface area (Å²) in [4.78, 5) is 19.1. The highest BCUT2D eigenvalue weighted by Crippen LogP contribution is 2.14. The van der Waals surface area contributed by atoms with Gasteiger partial charge in [0.25, 0.3) is 5.91 Å². The summed E-state index contributed by atoms with van der Waals surface area (Å²) in [5.74, 6) is 1.10. The molecule has 176 valence electrons. The van der Waals surface area contributed by atoms with Gasteiger partial charge in [-0.3, -0.25) is 4.79 Å². The van der Waals surface area contributed by atoms with Gasteiger partial charge < -0.3 is 20.9 Å². The molecule has 0 aromatic heterocycles. The SMILES string of the molecule is CCNC(=NCc1cccc(C(=O)NCCN(C)C)c1)NCC(C)c1ccc(C)cc1.I. The van der Waals surface area contributed by atoms with Gasteiger partial charge in [-0.05, 0) is 57.1 Å². The van der Waals surface area contributed by atoms with E-state index in [2.05, 4.69) is 61.0 Å². The Morgan fingerprint density at radius 3 is 2.44 bits per heavy atom. The van der Waals surface area contributed by atoms with E-state index in [-0.39, 0.29) is 29.9 Å². The van der Waals surface area contributed by atoms with Gasteiger partial charge >= 0.3 is 0 Å². The van der Waals surface area contributed by atoms with Gasteiger partial charge in [0.15, 0.2) is 5.96 Å². The van der Waals surface area contributed by atoms with Gasteiger partial charge in [0, 0.05) is 31.7 Å². The number of amides is 1. The third kappa shape index (κ3) is 9.99. The van der Waals surface area contributed by atoms with Crippen LogP contribution in [0, 0.1) is 6.92 Å². The molecule has 0 radical (unpaired) electrons. The van der Waals surface area contributed by atoms with E-state index in [1.807, 2.05) is 43.3 Å². The van der Waals surface area contributed by atoms with E-state index < -0.39 is 0 Å². The molecular formula is C25H38IN5O. The van der Waals surface area contributed by atoms with Crippen LogP contribution in [0.5, 0.6) is 0 Å². The molecule has 1 atom stereocenters. The van der Waals surface area contributed by atoms with Gasteiger partial charge in [0.2, 0.25) is 0 Å². The second-order valence-corrected chi connectivity index (χ2v) is 8.15. The molecule has 1 amide bonds. The highest BCUT2D eigenvalue weighted by Gasteiger charge is 2.08. The summed E-state index contributed by atoms with van der Waals surface area (Å²) in [5, 5.41) is 9.69. The lowest BCUT2D eigenvalue weighted by molar-refractivity contribution is 0.0951. The summed E-state index contributed by atoms with van der Waals surface area (Å²) in [5.41, 5.74) is 4.25. The molecule has 0 aliphatic carbocycles. The topological polar surface area (TPSA) is 68.8 Å². The zero-order chi connectivity index (χ0) is 22.6. The number of hydrogen-bond acceptors (Lipinski definition) is 3. The smallest absolute Gasteiger partial charge is 0.251 e. The van der Waals surface area contributed by atoms with Crippen LogP contribution in [0.1, 0.15) is 46.8 Å². The number of aryl methyl sites for hydroxylation is 1. The van der Waals surface area contributed by atoms with Crippen LogP contribution in [0.2, 0.25) is 0 Å². The van der Waals surface area contributed by atoms with Crippen LogP contribution in [0.25, 0.3) is 0 Å². The Labute approximate surface area is 210 Å². The molecule has 0 heterocycles. The number of benzene rings is 2. The lowest BCUT2D eigenvalue weighted by atomic mass is 10.0. The van der Waals surface area contributed by atoms with Crippen LogP contribution in [0.3, 0.4) is 0 Å². The van der Waals surface area contributed by atoms with Crippen molar-refractivity contribution < 1.29 is 4.79 Å². The molecule has 0 aliphatic heterocycles. The van der Waals surface area contributed by atoms with Crippen molar-refractivity contribution in [2.75, 3.05) is 40.3 Å². The predicted octanol–water partition coefficient (Wildman–Crippen LogP) is 3.76. The zero-order valence-corrected chi connectivity index (χ0v) is 22.3. The molecule has 0 saturated carbocycles. The van der Waals surface area contributed by atoms with Crippen molar-refractivity contribution in [2.24, 2.45) is 4.99 Å². The first-order chi connectivity index (χ1) is 14.9. The molecule has 7 heteroatoms. The van der Waals surface area contributed by atoms with Crippen LogP contribution < -0.4 is 16.0 Å². The normalized spacial score (nSPS) is 12.1. The van der Waals surface area contributed by atoms with E-state index in [9.17, 15) is 4.79 Å². The summed E-state index contributed by atoms with van der Waals surface area (Å²) in [6, 6.07) is 16.3. The number of rotatable bonds is 10. The van der Waals surface area contributed by atoms with Crippen molar-refractivity contribution in [3.63, 3.8) is 0 Å². The van der Waals surface area contributed by atoms with Gasteiger partial charge in [-0.15, -0.1) is 24.0 Å². The van der Waals surface area contributed by atoms with Gasteiger partial charge in [0.1, 0.15) is 0 Å². The second-order valence-electron chi connectivity index (χ2n) is 8.15. The summed E-state index contributed by atoms with van der Waals surface area (Å²) in [7, 11) is 3.98. The Balaban J connectivity index is 0.00000512. The third-order valence-electron chi connectivity index (χ3n) is 5.02. The quantitative estimate of drug-likeness (QED) is 0.239. The Morgan fingerprint density at radius 2 is 1.78 bits per heavy atom. The molecular weight excluding hydrogens is 513 g/mol. The minimum absolute atomic E-state index is 0. The van der Waals surface area contributed by atoms with Crippen molar-refractivity contribution in [3.05, 3.63) is 70.8 Å². The lowest BCUT2D eigenvalue weighted by Gasteiger charge is -2.16. The molecule has 2 aromatic carbocycles. The third-order valence-corrected chi connectivity index (χ3v) is 5.02. The van der Waals surface area contributed by atoms with Crippen molar-refractivity contribution in [1.29, 1.82) is 0 Å². The molecule has 32 heavy (non-hydrogen) atoms. The Kier molecular flexibility index (Phi) is 12.9. The monoisotopic (exact) mass is 551 g/mol. The van der Waals surface area contributed by atoms with Gasteiger partial charge in [-0.1, -0.05) is 48.9 Å². The number of nitrogens with one attached hydrogen (secondary N) is 3. The highest BCUT2D eigenvalue weighted by molar-refractivity contribution is 14.0. The number of likely N-dealkylation sites (N-methyl/N-ethyl adjacent to an activating group) is 1. The molecule has 0 fully saturated rings. The molecule has 2 rings (SSSR count). The Hall–Kier alpha value is -2.13. The van der Waals surface area contributed by atoms with Gasteiger partial charge in [0.05, 0.1) is 6.54 Å². The van der Waals surface area contributed by atoms with E-state index in [0.717, 1.165) is 31.2 Å². The van der Waals surface area contributed by atoms with Crippen LogP contribution in [-0.2, 0) is 6.54 Å². The molecule has 3 N–H and O–H groups in total. The molecule has 1 unspecified atom stereocenters. The van der Waals surface area contributed by atoms with Crippen LogP contribution in [-0.4, -0.2) is 57.0 Å². The first-order valence-corrected chi connectivity index (χ1v) is 11.0. The molecule has 0 spiro atoms. The average Bonchev–Trinajstić information content (AvgIpc) is 2.75. The Morgan fingerprint density at radius 1 is 1.06 bits per heavy atom. The highest BCUT2D eigenvalue weighted by atomic mass is 127. The number of carbonyl (C=O) groups excluding carboxylic acids is 1. The zero-order valence-electron chi connectivity index (χ0n) is 19.9. The van der Waals surface area contributed by atoms with Gasteiger partial charge in [-0.25, -0.2) is 4.99 Å². The van der Waals surface area contributed by atoms with Gasteiger partial charge in [-0.2, -0.15) is 0 Å². The number of carbonyl (C=O) groups is 1. The number of halogens is 1. The van der Waals surface area contributed by atoms with Crippen LogP contribution >= 0.6 is 24.0 Å². The second kappa shape index (κ2) is 14.8. The van der Waals surface area contributed by atoms with Crippen LogP contribution in [0.15, 0.2) is 53.5 Å². The first kappa shape index (κ1) is 27.9. The number of aliphatic imine (C=N–C) groups is 1. The summed E-state index contributed by atoms with van der Waals surface area (Å²) < 4.78 is 0. The largest absolute Gasteiger partial charge is 0.357 e. The standard InChI is InChI=1S/C25H37N5O.HI/c1-6-26-25(28-17-20(3)22-12-10-19(2)11-13-22)29-18-21-8-7-9-23(16-21)24(31)27-14-15-30(4)5;/h7-13,16,20H,6,14-15,17-18H2,1-5H3,(H,27,31)(H2,26,28,29);1H. The fourth-order valence-corrected chi connectivity index (χ4v) is 3.08. The summed E-state index contributed by atoms with van der Waals surface area (Å²) >= 11 is 0. The number of nitrogens with zero attached hydrogens (tertiary/aromatic N) is 2. The maximum absolute atomic E-state index is 12.4. The van der Waals surface area contributed by atoms with E-state index in [1.54, 1.807) is 0 Å². The maximum atomic E-state index is 12.4. The minimum Gasteiger partial charge on any atom is -0.357 e. The molecule has 0 bridgehead atoms. The summed E-state index contributed by atoms with van der Waals surface area (Å²) in [6.45, 7) is 9.90. The van der Waals surface area contributed by atoms with E-state index in [1.165, 1.54) is 11.1 Å². The fourth-order valence-electron chi connectivity index (χ4n) is 3.08. The molecule has 0 saturated heterocycles. The molecule has 2 aromatic rings. The summed E-state index contributed by atoms with van der Waals surface area (Å²) in [6.07, 6.45) is 0. The average molecular weight is 552 g/mol. The lowest BCUT2D eigenvalue weighted by Crippen LogP contribution is -2.39. The van der Waals surface area contributed by atoms with Crippen molar-refractivity contribution in [1.82, 2.24) is 20.9 Å². The number of guanidine groups is 1. The predicted molar refractivity (Wildman–Crippen MR) is 145 cm³/mol. The van der Waals surface area contributed by atoms with E-state index in [0.29, 0.717) is 24.6 Å². The van der Waals surface area contributed by atoms with Crippen molar-refractivity contribution in [2.45, 2.75) is 33.2 Å². The fraction of sp³-hybridized carbons (Fsp3) is 0.440. The Bertz CT molecular complexity index is 852. The van der Waals surface area contributed by atoms with E-state index >= 15 is 0 Å². The maximum Gasteiger partial charge on any atom is 0.251 e.